The maximum absolute atomic E-state index is 4.47. The minimum Gasteiger partial charge on any atom is -0.329 e. The molecule has 0 radical (unpaired) electrons. The lowest BCUT2D eigenvalue weighted by Gasteiger charge is -2.32. The normalized spacial score (nSPS) is 14.5. The minimum absolute atomic E-state index is 0.281. The molecule has 0 spiro atoms. The molecule has 2 aromatic rings. The van der Waals surface area contributed by atoms with Gasteiger partial charge in [-0.05, 0) is 32.4 Å². The summed E-state index contributed by atoms with van der Waals surface area (Å²) in [6.07, 6.45) is 1.97. The standard InChI is InChI=1S/C17H25N3/c1-12(2)17(20-11-19-13(3)14(20)4)16(18-5)15-9-7-6-8-10-15/h6-12,16-18H,1-5H3. The third-order valence-electron chi connectivity index (χ3n) is 4.10. The van der Waals surface area contributed by atoms with Gasteiger partial charge in [0.25, 0.3) is 0 Å². The number of benzene rings is 1. The SMILES string of the molecule is CNC(c1ccccc1)C(C(C)C)n1cnc(C)c1C. The van der Waals surface area contributed by atoms with Gasteiger partial charge in [-0.3, -0.25) is 0 Å². The maximum Gasteiger partial charge on any atom is 0.0954 e. The van der Waals surface area contributed by atoms with Gasteiger partial charge < -0.3 is 9.88 Å². The molecule has 2 unspecified atom stereocenters. The number of nitrogens with one attached hydrogen (secondary N) is 1. The molecule has 1 aromatic heterocycles. The molecule has 3 nitrogen and oxygen atoms in total. The van der Waals surface area contributed by atoms with Crippen LogP contribution in [0.4, 0.5) is 0 Å². The Labute approximate surface area is 122 Å². The summed E-state index contributed by atoms with van der Waals surface area (Å²) in [5.74, 6) is 0.514. The highest BCUT2D eigenvalue weighted by atomic mass is 15.1. The van der Waals surface area contributed by atoms with Gasteiger partial charge in [-0.2, -0.15) is 0 Å². The van der Waals surface area contributed by atoms with E-state index < -0.39 is 0 Å². The van der Waals surface area contributed by atoms with Gasteiger partial charge in [-0.15, -0.1) is 0 Å². The van der Waals surface area contributed by atoms with E-state index in [1.165, 1.54) is 11.3 Å². The van der Waals surface area contributed by atoms with Crippen molar-refractivity contribution in [3.63, 3.8) is 0 Å². The highest BCUT2D eigenvalue weighted by molar-refractivity contribution is 5.22. The van der Waals surface area contributed by atoms with E-state index >= 15 is 0 Å². The van der Waals surface area contributed by atoms with Gasteiger partial charge in [0.2, 0.25) is 0 Å². The molecule has 0 aliphatic carbocycles. The van der Waals surface area contributed by atoms with E-state index in [0.717, 1.165) is 5.69 Å². The number of likely N-dealkylation sites (N-methyl/N-ethyl adjacent to an activating group) is 1. The molecule has 0 saturated carbocycles. The van der Waals surface area contributed by atoms with Gasteiger partial charge in [0, 0.05) is 5.69 Å². The molecule has 1 aromatic carbocycles. The lowest BCUT2D eigenvalue weighted by atomic mass is 9.90. The quantitative estimate of drug-likeness (QED) is 0.899. The summed E-state index contributed by atoms with van der Waals surface area (Å²) in [6.45, 7) is 8.76. The smallest absolute Gasteiger partial charge is 0.0954 e. The maximum atomic E-state index is 4.47. The van der Waals surface area contributed by atoms with E-state index in [0.29, 0.717) is 12.0 Å². The van der Waals surface area contributed by atoms with Crippen LogP contribution in [0.2, 0.25) is 0 Å². The number of aromatic nitrogens is 2. The van der Waals surface area contributed by atoms with Crippen LogP contribution in [0.3, 0.4) is 0 Å². The van der Waals surface area contributed by atoms with Gasteiger partial charge in [0.1, 0.15) is 0 Å². The van der Waals surface area contributed by atoms with Crippen molar-refractivity contribution in [3.05, 3.63) is 53.6 Å². The van der Waals surface area contributed by atoms with Crippen molar-refractivity contribution in [3.8, 4) is 0 Å². The first-order chi connectivity index (χ1) is 9.56. The first kappa shape index (κ1) is 14.8. The summed E-state index contributed by atoms with van der Waals surface area (Å²) >= 11 is 0. The van der Waals surface area contributed by atoms with Crippen LogP contribution < -0.4 is 5.32 Å². The molecule has 0 fully saturated rings. The second-order valence-electron chi connectivity index (χ2n) is 5.73. The third kappa shape index (κ3) is 2.78. The first-order valence-corrected chi connectivity index (χ1v) is 7.28. The number of rotatable bonds is 5. The second kappa shape index (κ2) is 6.23. The average molecular weight is 271 g/mol. The Bertz CT molecular complexity index is 543. The van der Waals surface area contributed by atoms with E-state index in [1.807, 2.05) is 13.4 Å². The fourth-order valence-corrected chi connectivity index (χ4v) is 2.88. The van der Waals surface area contributed by atoms with Crippen LogP contribution in [-0.2, 0) is 0 Å². The lowest BCUT2D eigenvalue weighted by molar-refractivity contribution is 0.285. The number of hydrogen-bond acceptors (Lipinski definition) is 2. The molecule has 108 valence electrons. The summed E-state index contributed by atoms with van der Waals surface area (Å²) in [4.78, 5) is 4.47. The predicted octanol–water partition coefficient (Wildman–Crippen LogP) is 3.66. The molecule has 2 rings (SSSR count). The van der Waals surface area contributed by atoms with E-state index in [4.69, 9.17) is 0 Å². The van der Waals surface area contributed by atoms with Crippen molar-refractivity contribution < 1.29 is 0 Å². The molecule has 1 heterocycles. The van der Waals surface area contributed by atoms with E-state index in [2.05, 4.69) is 72.9 Å². The zero-order valence-corrected chi connectivity index (χ0v) is 13.1. The Balaban J connectivity index is 2.44. The van der Waals surface area contributed by atoms with Gasteiger partial charge in [0.15, 0.2) is 0 Å². The molecular formula is C17H25N3. The predicted molar refractivity (Wildman–Crippen MR) is 83.8 cm³/mol. The van der Waals surface area contributed by atoms with E-state index in [9.17, 15) is 0 Å². The van der Waals surface area contributed by atoms with Crippen LogP contribution in [0.1, 0.15) is 42.9 Å². The molecule has 2 atom stereocenters. The van der Waals surface area contributed by atoms with Gasteiger partial charge in [0.05, 0.1) is 24.1 Å². The number of hydrogen-bond donors (Lipinski definition) is 1. The monoisotopic (exact) mass is 271 g/mol. The minimum atomic E-state index is 0.281. The Morgan fingerprint density at radius 2 is 1.75 bits per heavy atom. The lowest BCUT2D eigenvalue weighted by Crippen LogP contribution is -2.31. The average Bonchev–Trinajstić information content (AvgIpc) is 2.77. The fourth-order valence-electron chi connectivity index (χ4n) is 2.88. The van der Waals surface area contributed by atoms with Crippen molar-refractivity contribution in [2.75, 3.05) is 7.05 Å². The second-order valence-corrected chi connectivity index (χ2v) is 5.73. The Hall–Kier alpha value is -1.61. The van der Waals surface area contributed by atoms with Crippen molar-refractivity contribution in [1.82, 2.24) is 14.9 Å². The molecule has 0 aliphatic rings. The van der Waals surface area contributed by atoms with Crippen molar-refractivity contribution in [2.24, 2.45) is 5.92 Å². The van der Waals surface area contributed by atoms with Gasteiger partial charge in [-0.25, -0.2) is 4.98 Å². The van der Waals surface area contributed by atoms with E-state index in [1.54, 1.807) is 0 Å². The summed E-state index contributed by atoms with van der Waals surface area (Å²) in [6, 6.07) is 11.3. The fraction of sp³-hybridized carbons (Fsp3) is 0.471. The summed E-state index contributed by atoms with van der Waals surface area (Å²) < 4.78 is 2.31. The van der Waals surface area contributed by atoms with Crippen molar-refractivity contribution in [1.29, 1.82) is 0 Å². The first-order valence-electron chi connectivity index (χ1n) is 7.28. The molecule has 20 heavy (non-hydrogen) atoms. The third-order valence-corrected chi connectivity index (χ3v) is 4.10. The molecular weight excluding hydrogens is 246 g/mol. The Kier molecular flexibility index (Phi) is 4.61. The number of aryl methyl sites for hydroxylation is 1. The topological polar surface area (TPSA) is 29.9 Å². The molecule has 3 heteroatoms. The highest BCUT2D eigenvalue weighted by Crippen LogP contribution is 2.33. The Morgan fingerprint density at radius 1 is 1.10 bits per heavy atom. The number of imidazole rings is 1. The van der Waals surface area contributed by atoms with Gasteiger partial charge in [-0.1, -0.05) is 44.2 Å². The van der Waals surface area contributed by atoms with Crippen LogP contribution in [-0.4, -0.2) is 16.6 Å². The summed E-state index contributed by atoms with van der Waals surface area (Å²) in [5.41, 5.74) is 3.68. The van der Waals surface area contributed by atoms with Crippen LogP contribution in [0.15, 0.2) is 36.7 Å². The summed E-state index contributed by atoms with van der Waals surface area (Å²) in [5, 5.41) is 3.49. The largest absolute Gasteiger partial charge is 0.329 e. The van der Waals surface area contributed by atoms with Gasteiger partial charge >= 0.3 is 0 Å². The van der Waals surface area contributed by atoms with Crippen LogP contribution in [0.5, 0.6) is 0 Å². The van der Waals surface area contributed by atoms with Crippen LogP contribution >= 0.6 is 0 Å². The highest BCUT2D eigenvalue weighted by Gasteiger charge is 2.27. The Morgan fingerprint density at radius 3 is 2.20 bits per heavy atom. The van der Waals surface area contributed by atoms with Crippen LogP contribution in [0, 0.1) is 19.8 Å². The summed E-state index contributed by atoms with van der Waals surface area (Å²) in [7, 11) is 2.03. The van der Waals surface area contributed by atoms with Crippen LogP contribution in [0.25, 0.3) is 0 Å². The molecule has 1 N–H and O–H groups in total. The number of nitrogens with zero attached hydrogens (tertiary/aromatic N) is 2. The molecule has 0 saturated heterocycles. The zero-order chi connectivity index (χ0) is 14.7. The van der Waals surface area contributed by atoms with Crippen molar-refractivity contribution >= 4 is 0 Å². The molecule has 0 bridgehead atoms. The van der Waals surface area contributed by atoms with E-state index in [-0.39, 0.29) is 6.04 Å². The van der Waals surface area contributed by atoms with Crippen molar-refractivity contribution in [2.45, 2.75) is 39.8 Å². The molecule has 0 amide bonds. The zero-order valence-electron chi connectivity index (χ0n) is 13.1. The molecule has 0 aliphatic heterocycles.